The summed E-state index contributed by atoms with van der Waals surface area (Å²) >= 11 is 0. The number of hydrogen-bond donors (Lipinski definition) is 0. The van der Waals surface area contributed by atoms with Crippen LogP contribution in [0.3, 0.4) is 0 Å². The Kier molecular flexibility index (Phi) is 7.10. The fourth-order valence-electron chi connectivity index (χ4n) is 6.72. The van der Waals surface area contributed by atoms with Crippen LogP contribution in [-0.2, 0) is 0 Å². The van der Waals surface area contributed by atoms with Crippen LogP contribution in [0.4, 0.5) is 17.1 Å². The Morgan fingerprint density at radius 2 is 0.673 bits per heavy atom. The van der Waals surface area contributed by atoms with Gasteiger partial charge in [-0.1, -0.05) is 140 Å². The highest BCUT2D eigenvalue weighted by Crippen LogP contribution is 2.52. The standard InChI is InChI=1S/C45H30N4/c1-5-15-31(16-6-1)34-25-27-41-39(29-34)37-23-13-14-24-38(37)40-30-35(26-28-42(40)49(41)36-21-11-4-12-22-36)45-47-43(32-17-7-2-8-18-32)46-44(48-45)33-19-9-3-10-20-33/h1-30H. The lowest BCUT2D eigenvalue weighted by molar-refractivity contribution is 1.07. The zero-order valence-electron chi connectivity index (χ0n) is 26.6. The Hall–Kier alpha value is -6.65. The van der Waals surface area contributed by atoms with Crippen LogP contribution in [0.2, 0.25) is 0 Å². The molecule has 0 unspecified atom stereocenters. The molecular formula is C45H30N4. The summed E-state index contributed by atoms with van der Waals surface area (Å²) in [5.74, 6) is 1.92. The third-order valence-electron chi connectivity index (χ3n) is 9.06. The monoisotopic (exact) mass is 626 g/mol. The van der Waals surface area contributed by atoms with Crippen molar-refractivity contribution in [2.24, 2.45) is 0 Å². The van der Waals surface area contributed by atoms with Crippen molar-refractivity contribution in [2.75, 3.05) is 4.90 Å². The first-order valence-corrected chi connectivity index (χ1v) is 16.5. The second-order valence-electron chi connectivity index (χ2n) is 12.1. The average Bonchev–Trinajstić information content (AvgIpc) is 3.31. The Morgan fingerprint density at radius 3 is 1.18 bits per heavy atom. The van der Waals surface area contributed by atoms with Crippen molar-refractivity contribution in [3.05, 3.63) is 182 Å². The molecule has 0 atom stereocenters. The fraction of sp³-hybridized carbons (Fsp3) is 0. The summed E-state index contributed by atoms with van der Waals surface area (Å²) in [6.07, 6.45) is 0. The first kappa shape index (κ1) is 28.6. The third-order valence-corrected chi connectivity index (χ3v) is 9.06. The lowest BCUT2D eigenvalue weighted by Gasteiger charge is -2.28. The molecule has 0 saturated heterocycles. The number of aromatic nitrogens is 3. The molecule has 0 fully saturated rings. The summed E-state index contributed by atoms with van der Waals surface area (Å²) in [5.41, 5.74) is 13.1. The first-order valence-electron chi connectivity index (χ1n) is 16.5. The van der Waals surface area contributed by atoms with Crippen LogP contribution in [0.5, 0.6) is 0 Å². The van der Waals surface area contributed by atoms with E-state index in [9.17, 15) is 0 Å². The zero-order chi connectivity index (χ0) is 32.6. The molecule has 2 heterocycles. The maximum absolute atomic E-state index is 5.05. The van der Waals surface area contributed by atoms with Gasteiger partial charge in [-0.2, -0.15) is 0 Å². The number of rotatable bonds is 5. The van der Waals surface area contributed by atoms with Gasteiger partial charge in [0.15, 0.2) is 17.5 Å². The van der Waals surface area contributed by atoms with E-state index >= 15 is 0 Å². The smallest absolute Gasteiger partial charge is 0.164 e. The number of para-hydroxylation sites is 1. The molecule has 4 heteroatoms. The summed E-state index contributed by atoms with van der Waals surface area (Å²) < 4.78 is 0. The minimum atomic E-state index is 0.632. The van der Waals surface area contributed by atoms with Crippen LogP contribution >= 0.6 is 0 Å². The molecule has 1 aliphatic heterocycles. The number of benzene rings is 7. The minimum absolute atomic E-state index is 0.632. The Morgan fingerprint density at radius 1 is 0.286 bits per heavy atom. The summed E-state index contributed by atoms with van der Waals surface area (Å²) in [6, 6.07) is 63.5. The summed E-state index contributed by atoms with van der Waals surface area (Å²) in [6.45, 7) is 0. The average molecular weight is 627 g/mol. The lowest BCUT2D eigenvalue weighted by Crippen LogP contribution is -2.11. The number of anilines is 3. The fourth-order valence-corrected chi connectivity index (χ4v) is 6.72. The van der Waals surface area contributed by atoms with E-state index in [4.69, 9.17) is 15.0 Å². The SMILES string of the molecule is c1ccc(-c2ccc3c(c2)-c2ccccc2-c2cc(-c4nc(-c5ccccc5)nc(-c5ccccc5)n4)ccc2N3c2ccccc2)cc1. The van der Waals surface area contributed by atoms with Gasteiger partial charge in [-0.05, 0) is 64.7 Å². The van der Waals surface area contributed by atoms with Gasteiger partial charge in [-0.15, -0.1) is 0 Å². The van der Waals surface area contributed by atoms with Gasteiger partial charge in [0, 0.05) is 33.5 Å². The molecule has 0 aliphatic carbocycles. The predicted molar refractivity (Wildman–Crippen MR) is 201 cm³/mol. The normalized spacial score (nSPS) is 11.6. The highest BCUT2D eigenvalue weighted by molar-refractivity contribution is 6.04. The molecule has 230 valence electrons. The molecule has 1 aliphatic rings. The lowest BCUT2D eigenvalue weighted by atomic mass is 9.92. The van der Waals surface area contributed by atoms with E-state index in [1.54, 1.807) is 0 Å². The molecule has 0 amide bonds. The van der Waals surface area contributed by atoms with Crippen molar-refractivity contribution in [3.63, 3.8) is 0 Å². The molecule has 8 aromatic rings. The molecule has 0 radical (unpaired) electrons. The van der Waals surface area contributed by atoms with E-state index in [2.05, 4.69) is 126 Å². The van der Waals surface area contributed by atoms with Crippen molar-refractivity contribution < 1.29 is 0 Å². The summed E-state index contributed by atoms with van der Waals surface area (Å²) in [4.78, 5) is 17.4. The third kappa shape index (κ3) is 5.26. The molecule has 49 heavy (non-hydrogen) atoms. The van der Waals surface area contributed by atoms with E-state index < -0.39 is 0 Å². The van der Waals surface area contributed by atoms with Gasteiger partial charge in [0.1, 0.15) is 0 Å². The van der Waals surface area contributed by atoms with E-state index in [1.807, 2.05) is 60.7 Å². The second-order valence-corrected chi connectivity index (χ2v) is 12.1. The van der Waals surface area contributed by atoms with Crippen LogP contribution in [-0.4, -0.2) is 15.0 Å². The number of fused-ring (bicyclic) bond motifs is 5. The van der Waals surface area contributed by atoms with Gasteiger partial charge in [0.2, 0.25) is 0 Å². The molecule has 4 nitrogen and oxygen atoms in total. The minimum Gasteiger partial charge on any atom is -0.309 e. The van der Waals surface area contributed by atoms with Crippen molar-refractivity contribution in [2.45, 2.75) is 0 Å². The van der Waals surface area contributed by atoms with Crippen molar-refractivity contribution in [1.29, 1.82) is 0 Å². The highest BCUT2D eigenvalue weighted by Gasteiger charge is 2.27. The Bertz CT molecular complexity index is 2370. The molecule has 1 aromatic heterocycles. The maximum Gasteiger partial charge on any atom is 0.164 e. The van der Waals surface area contributed by atoms with E-state index in [0.29, 0.717) is 17.5 Å². The highest BCUT2D eigenvalue weighted by atomic mass is 15.1. The maximum atomic E-state index is 5.05. The molecule has 0 N–H and O–H groups in total. The Balaban J connectivity index is 1.28. The van der Waals surface area contributed by atoms with Crippen molar-refractivity contribution in [1.82, 2.24) is 15.0 Å². The van der Waals surface area contributed by atoms with Gasteiger partial charge in [0.05, 0.1) is 11.4 Å². The quantitative estimate of drug-likeness (QED) is 0.191. The molecule has 0 bridgehead atoms. The molecular weight excluding hydrogens is 597 g/mol. The molecule has 9 rings (SSSR count). The van der Waals surface area contributed by atoms with Gasteiger partial charge in [-0.25, -0.2) is 15.0 Å². The first-order chi connectivity index (χ1) is 24.3. The number of hydrogen-bond acceptors (Lipinski definition) is 4. The molecule has 7 aromatic carbocycles. The van der Waals surface area contributed by atoms with Crippen LogP contribution < -0.4 is 4.90 Å². The van der Waals surface area contributed by atoms with E-state index in [1.165, 1.54) is 22.3 Å². The van der Waals surface area contributed by atoms with Crippen molar-refractivity contribution >= 4 is 17.1 Å². The molecule has 0 spiro atoms. The Labute approximate surface area is 285 Å². The van der Waals surface area contributed by atoms with Gasteiger partial charge in [-0.3, -0.25) is 0 Å². The summed E-state index contributed by atoms with van der Waals surface area (Å²) in [7, 11) is 0. The van der Waals surface area contributed by atoms with E-state index in [0.717, 1.165) is 44.9 Å². The number of nitrogens with zero attached hydrogens (tertiary/aromatic N) is 4. The topological polar surface area (TPSA) is 41.9 Å². The van der Waals surface area contributed by atoms with Gasteiger partial charge in [0.25, 0.3) is 0 Å². The van der Waals surface area contributed by atoms with Crippen LogP contribution in [0.25, 0.3) is 67.5 Å². The second kappa shape index (κ2) is 12.2. The largest absolute Gasteiger partial charge is 0.309 e. The zero-order valence-corrected chi connectivity index (χ0v) is 26.6. The van der Waals surface area contributed by atoms with Crippen LogP contribution in [0, 0.1) is 0 Å². The van der Waals surface area contributed by atoms with Crippen LogP contribution in [0.1, 0.15) is 0 Å². The van der Waals surface area contributed by atoms with E-state index in [-0.39, 0.29) is 0 Å². The van der Waals surface area contributed by atoms with Crippen LogP contribution in [0.15, 0.2) is 182 Å². The van der Waals surface area contributed by atoms with Gasteiger partial charge >= 0.3 is 0 Å². The summed E-state index contributed by atoms with van der Waals surface area (Å²) in [5, 5.41) is 0. The predicted octanol–water partition coefficient (Wildman–Crippen LogP) is 11.7. The van der Waals surface area contributed by atoms with Gasteiger partial charge < -0.3 is 4.90 Å². The van der Waals surface area contributed by atoms with Crippen molar-refractivity contribution in [3.8, 4) is 67.5 Å². The molecule has 0 saturated carbocycles.